The zero-order valence-corrected chi connectivity index (χ0v) is 12.8. The molecule has 0 aliphatic carbocycles. The molecule has 3 nitrogen and oxygen atoms in total. The molecule has 0 bridgehead atoms. The first-order valence-electron chi connectivity index (χ1n) is 7.90. The van der Waals surface area contributed by atoms with Crippen molar-refractivity contribution in [2.75, 3.05) is 13.2 Å². The van der Waals surface area contributed by atoms with Gasteiger partial charge < -0.3 is 10.5 Å². The van der Waals surface area contributed by atoms with Crippen molar-refractivity contribution in [3.63, 3.8) is 0 Å². The molecular weight excluding hydrogens is 248 g/mol. The van der Waals surface area contributed by atoms with Gasteiger partial charge in [0.1, 0.15) is 5.75 Å². The lowest BCUT2D eigenvalue weighted by atomic mass is 9.98. The van der Waals surface area contributed by atoms with Crippen LogP contribution in [-0.2, 0) is 6.54 Å². The molecule has 0 radical (unpaired) electrons. The van der Waals surface area contributed by atoms with Crippen LogP contribution in [0.3, 0.4) is 0 Å². The van der Waals surface area contributed by atoms with Gasteiger partial charge in [0.15, 0.2) is 0 Å². The maximum absolute atomic E-state index is 6.02. The first-order valence-corrected chi connectivity index (χ1v) is 7.90. The second-order valence-corrected chi connectivity index (χ2v) is 5.95. The highest BCUT2D eigenvalue weighted by Crippen LogP contribution is 2.20. The number of benzene rings is 1. The van der Waals surface area contributed by atoms with E-state index in [4.69, 9.17) is 10.5 Å². The first-order chi connectivity index (χ1) is 9.69. The number of unbranched alkanes of at least 4 members (excludes halogenated alkanes) is 1. The number of likely N-dealkylation sites (tertiary alicyclic amines) is 1. The second kappa shape index (κ2) is 7.65. The number of hydrogen-bond acceptors (Lipinski definition) is 3. The Bertz CT molecular complexity index is 390. The summed E-state index contributed by atoms with van der Waals surface area (Å²) in [5.41, 5.74) is 7.37. The lowest BCUT2D eigenvalue weighted by molar-refractivity contribution is 0.140. The fourth-order valence-corrected chi connectivity index (χ4v) is 2.75. The molecule has 2 atom stereocenters. The third-order valence-corrected chi connectivity index (χ3v) is 4.13. The molecule has 20 heavy (non-hydrogen) atoms. The molecule has 1 aromatic carbocycles. The fraction of sp³-hybridized carbons (Fsp3) is 0.647. The summed E-state index contributed by atoms with van der Waals surface area (Å²) in [6.45, 7) is 7.40. The van der Waals surface area contributed by atoms with Crippen LogP contribution in [0.25, 0.3) is 0 Å². The molecule has 1 aliphatic rings. The Hall–Kier alpha value is -1.06. The van der Waals surface area contributed by atoms with Crippen LogP contribution in [0.4, 0.5) is 0 Å². The average molecular weight is 276 g/mol. The molecule has 0 amide bonds. The molecule has 0 unspecified atom stereocenters. The topological polar surface area (TPSA) is 38.5 Å². The predicted octanol–water partition coefficient (Wildman–Crippen LogP) is 3.18. The minimum atomic E-state index is 0.385. The monoisotopic (exact) mass is 276 g/mol. The average Bonchev–Trinajstić information content (AvgIpc) is 2.44. The zero-order chi connectivity index (χ0) is 14.4. The van der Waals surface area contributed by atoms with Gasteiger partial charge in [0, 0.05) is 25.2 Å². The molecular formula is C17H28N2O. The Labute approximate surface area is 123 Å². The summed E-state index contributed by atoms with van der Waals surface area (Å²) in [7, 11) is 0. The molecule has 2 N–H and O–H groups in total. The van der Waals surface area contributed by atoms with Crippen LogP contribution in [-0.4, -0.2) is 30.1 Å². The highest BCUT2D eigenvalue weighted by atomic mass is 16.5. The zero-order valence-electron chi connectivity index (χ0n) is 12.8. The van der Waals surface area contributed by atoms with Gasteiger partial charge in [0.2, 0.25) is 0 Å². The number of nitrogens with zero attached hydrogens (tertiary/aromatic N) is 1. The van der Waals surface area contributed by atoms with E-state index in [1.807, 2.05) is 0 Å². The predicted molar refractivity (Wildman–Crippen MR) is 83.9 cm³/mol. The molecule has 0 spiro atoms. The van der Waals surface area contributed by atoms with Crippen molar-refractivity contribution in [3.8, 4) is 5.75 Å². The van der Waals surface area contributed by atoms with E-state index >= 15 is 0 Å². The minimum absolute atomic E-state index is 0.385. The number of nitrogens with two attached hydrogens (primary N) is 1. The maximum atomic E-state index is 6.02. The maximum Gasteiger partial charge on any atom is 0.119 e. The Morgan fingerprint density at radius 2 is 2.05 bits per heavy atom. The summed E-state index contributed by atoms with van der Waals surface area (Å²) in [6.07, 6.45) is 4.52. The normalized spacial score (nSPS) is 23.8. The molecule has 1 aliphatic heterocycles. The summed E-state index contributed by atoms with van der Waals surface area (Å²) in [5, 5.41) is 0. The van der Waals surface area contributed by atoms with Crippen LogP contribution in [0.15, 0.2) is 24.3 Å². The number of ether oxygens (including phenoxy) is 1. The Balaban J connectivity index is 1.84. The lowest BCUT2D eigenvalue weighted by Crippen LogP contribution is -2.44. The fourth-order valence-electron chi connectivity index (χ4n) is 2.75. The highest BCUT2D eigenvalue weighted by molar-refractivity contribution is 5.27. The second-order valence-electron chi connectivity index (χ2n) is 5.95. The summed E-state index contributed by atoms with van der Waals surface area (Å²) in [4.78, 5) is 2.52. The van der Waals surface area contributed by atoms with Gasteiger partial charge in [-0.3, -0.25) is 4.90 Å². The van der Waals surface area contributed by atoms with Gasteiger partial charge in [-0.05, 0) is 43.9 Å². The van der Waals surface area contributed by atoms with Gasteiger partial charge in [-0.1, -0.05) is 25.5 Å². The van der Waals surface area contributed by atoms with E-state index in [0.29, 0.717) is 12.1 Å². The molecule has 0 saturated carbocycles. The molecule has 2 rings (SSSR count). The van der Waals surface area contributed by atoms with E-state index in [1.54, 1.807) is 0 Å². The van der Waals surface area contributed by atoms with Crippen molar-refractivity contribution < 1.29 is 4.74 Å². The largest absolute Gasteiger partial charge is 0.494 e. The van der Waals surface area contributed by atoms with Gasteiger partial charge in [-0.25, -0.2) is 0 Å². The summed E-state index contributed by atoms with van der Waals surface area (Å²) in [5.74, 6) is 0.982. The summed E-state index contributed by atoms with van der Waals surface area (Å²) < 4.78 is 5.70. The van der Waals surface area contributed by atoms with Crippen LogP contribution < -0.4 is 10.5 Å². The van der Waals surface area contributed by atoms with E-state index in [9.17, 15) is 0 Å². The number of hydrogen-bond donors (Lipinski definition) is 1. The van der Waals surface area contributed by atoms with Gasteiger partial charge in [0.05, 0.1) is 6.61 Å². The Kier molecular flexibility index (Phi) is 5.86. The van der Waals surface area contributed by atoms with E-state index in [0.717, 1.165) is 44.7 Å². The van der Waals surface area contributed by atoms with Gasteiger partial charge in [0.25, 0.3) is 0 Å². The lowest BCUT2D eigenvalue weighted by Gasteiger charge is -2.36. The van der Waals surface area contributed by atoms with Crippen molar-refractivity contribution in [1.82, 2.24) is 4.90 Å². The molecule has 1 aromatic rings. The molecule has 0 aromatic heterocycles. The molecule has 1 heterocycles. The third-order valence-electron chi connectivity index (χ3n) is 4.13. The van der Waals surface area contributed by atoms with Crippen LogP contribution in [0.2, 0.25) is 0 Å². The number of rotatable bonds is 6. The van der Waals surface area contributed by atoms with Crippen LogP contribution in [0, 0.1) is 0 Å². The molecule has 3 heteroatoms. The molecule has 1 fully saturated rings. The van der Waals surface area contributed by atoms with Crippen LogP contribution >= 0.6 is 0 Å². The van der Waals surface area contributed by atoms with E-state index < -0.39 is 0 Å². The third kappa shape index (κ3) is 4.50. The molecule has 112 valence electrons. The van der Waals surface area contributed by atoms with Gasteiger partial charge >= 0.3 is 0 Å². The van der Waals surface area contributed by atoms with Crippen molar-refractivity contribution in [2.24, 2.45) is 5.73 Å². The van der Waals surface area contributed by atoms with Crippen LogP contribution in [0.1, 0.15) is 45.1 Å². The van der Waals surface area contributed by atoms with Crippen molar-refractivity contribution in [2.45, 2.75) is 58.2 Å². The van der Waals surface area contributed by atoms with E-state index in [1.165, 1.54) is 12.0 Å². The van der Waals surface area contributed by atoms with E-state index in [-0.39, 0.29) is 0 Å². The quantitative estimate of drug-likeness (QED) is 0.811. The molecule has 1 saturated heterocycles. The van der Waals surface area contributed by atoms with Gasteiger partial charge in [-0.15, -0.1) is 0 Å². The number of piperidine rings is 1. The van der Waals surface area contributed by atoms with Crippen molar-refractivity contribution in [1.29, 1.82) is 0 Å². The first kappa shape index (κ1) is 15.3. The van der Waals surface area contributed by atoms with E-state index in [2.05, 4.69) is 43.0 Å². The van der Waals surface area contributed by atoms with Crippen molar-refractivity contribution in [3.05, 3.63) is 29.8 Å². The summed E-state index contributed by atoms with van der Waals surface area (Å²) in [6, 6.07) is 9.51. The smallest absolute Gasteiger partial charge is 0.119 e. The van der Waals surface area contributed by atoms with Crippen molar-refractivity contribution >= 4 is 0 Å². The van der Waals surface area contributed by atoms with Crippen LogP contribution in [0.5, 0.6) is 5.75 Å². The minimum Gasteiger partial charge on any atom is -0.494 e. The highest BCUT2D eigenvalue weighted by Gasteiger charge is 2.22. The standard InChI is InChI=1S/C17H28N2O/c1-3-4-11-20-17-7-5-15(6-8-17)13-19-10-9-16(18)12-14(19)2/h5-8,14,16H,3-4,9-13,18H2,1-2H3/t14-,16+/m0/s1. The SMILES string of the molecule is CCCCOc1ccc(CN2CC[C@@H](N)C[C@@H]2C)cc1. The Morgan fingerprint density at radius 3 is 2.70 bits per heavy atom. The summed E-state index contributed by atoms with van der Waals surface area (Å²) >= 11 is 0. The Morgan fingerprint density at radius 1 is 1.30 bits per heavy atom. The van der Waals surface area contributed by atoms with Gasteiger partial charge in [-0.2, -0.15) is 0 Å².